The van der Waals surface area contributed by atoms with E-state index in [2.05, 4.69) is 41.7 Å². The van der Waals surface area contributed by atoms with Gasteiger partial charge < -0.3 is 38.8 Å². The van der Waals surface area contributed by atoms with Gasteiger partial charge >= 0.3 is 0 Å². The van der Waals surface area contributed by atoms with Crippen molar-refractivity contribution in [2.45, 2.75) is 57.2 Å². The maximum atomic E-state index is 10.2. The number of para-hydroxylation sites is 1. The van der Waals surface area contributed by atoms with E-state index >= 15 is 0 Å². The zero-order valence-corrected chi connectivity index (χ0v) is 27.2. The molecule has 0 radical (unpaired) electrons. The largest absolute Gasteiger partial charge is 0.496 e. The van der Waals surface area contributed by atoms with Crippen LogP contribution < -0.4 is 19.5 Å². The molecule has 1 saturated heterocycles. The molecule has 1 aliphatic heterocycles. The summed E-state index contributed by atoms with van der Waals surface area (Å²) in [5.41, 5.74) is 3.20. The maximum absolute atomic E-state index is 10.2. The highest BCUT2D eigenvalue weighted by atomic mass is 16.5. The molecule has 8 heteroatoms. The van der Waals surface area contributed by atoms with Gasteiger partial charge in [0.25, 0.3) is 0 Å². The first-order chi connectivity index (χ1) is 22.6. The van der Waals surface area contributed by atoms with Crippen LogP contribution in [0.3, 0.4) is 0 Å². The van der Waals surface area contributed by atoms with Crippen LogP contribution in [0.25, 0.3) is 10.8 Å². The van der Waals surface area contributed by atoms with E-state index in [9.17, 15) is 5.11 Å². The predicted molar refractivity (Wildman–Crippen MR) is 180 cm³/mol. The Morgan fingerprint density at radius 3 is 2.33 bits per heavy atom. The quantitative estimate of drug-likeness (QED) is 0.132. The van der Waals surface area contributed by atoms with Gasteiger partial charge in [-0.1, -0.05) is 61.5 Å². The van der Waals surface area contributed by atoms with E-state index in [0.29, 0.717) is 45.9 Å². The average molecular weight is 630 g/mol. The van der Waals surface area contributed by atoms with Crippen LogP contribution in [0, 0.1) is 0 Å². The van der Waals surface area contributed by atoms with Crippen LogP contribution in [0.4, 0.5) is 0 Å². The minimum Gasteiger partial charge on any atom is -0.496 e. The van der Waals surface area contributed by atoms with E-state index in [1.165, 1.54) is 0 Å². The third kappa shape index (κ3) is 8.99. The summed E-state index contributed by atoms with van der Waals surface area (Å²) < 4.78 is 35.9. The average Bonchev–Trinajstić information content (AvgIpc) is 3.11. The Bertz CT molecular complexity index is 1490. The molecule has 8 nitrogen and oxygen atoms in total. The van der Waals surface area contributed by atoms with Gasteiger partial charge in [0.1, 0.15) is 17.2 Å². The summed E-state index contributed by atoms with van der Waals surface area (Å²) in [6.07, 6.45) is 0.629. The van der Waals surface area contributed by atoms with E-state index in [1.54, 1.807) is 14.2 Å². The van der Waals surface area contributed by atoms with Gasteiger partial charge in [0.15, 0.2) is 0 Å². The number of aliphatic hydroxyl groups is 1. The van der Waals surface area contributed by atoms with Gasteiger partial charge in [-0.15, -0.1) is 0 Å². The highest BCUT2D eigenvalue weighted by Gasteiger charge is 2.36. The molecule has 1 heterocycles. The second-order valence-electron chi connectivity index (χ2n) is 11.6. The van der Waals surface area contributed by atoms with Crippen molar-refractivity contribution in [3.63, 3.8) is 0 Å². The third-order valence-electron chi connectivity index (χ3n) is 8.45. The maximum Gasteiger partial charge on any atom is 0.127 e. The van der Waals surface area contributed by atoms with Crippen LogP contribution in [0.5, 0.6) is 17.2 Å². The van der Waals surface area contributed by atoms with Crippen LogP contribution in [-0.4, -0.2) is 70.5 Å². The van der Waals surface area contributed by atoms with Gasteiger partial charge in [-0.3, -0.25) is 0 Å². The lowest BCUT2D eigenvalue weighted by molar-refractivity contribution is -0.0777. The Morgan fingerprint density at radius 1 is 0.804 bits per heavy atom. The van der Waals surface area contributed by atoms with Crippen molar-refractivity contribution >= 4 is 10.8 Å². The first-order valence-electron chi connectivity index (χ1n) is 16.2. The number of ether oxygens (including phenoxy) is 6. The summed E-state index contributed by atoms with van der Waals surface area (Å²) in [6.45, 7) is 5.71. The summed E-state index contributed by atoms with van der Waals surface area (Å²) in [6, 6.07) is 28.5. The molecule has 46 heavy (non-hydrogen) atoms. The van der Waals surface area contributed by atoms with Crippen molar-refractivity contribution in [2.75, 3.05) is 47.1 Å². The minimum absolute atomic E-state index is 0.0231. The predicted octanol–water partition coefficient (Wildman–Crippen LogP) is 6.27. The summed E-state index contributed by atoms with van der Waals surface area (Å²) in [5, 5.41) is 15.9. The molecule has 1 aliphatic rings. The van der Waals surface area contributed by atoms with Crippen molar-refractivity contribution in [3.05, 3.63) is 102 Å². The van der Waals surface area contributed by atoms with Crippen LogP contribution in [-0.2, 0) is 27.4 Å². The Balaban J connectivity index is 1.20. The van der Waals surface area contributed by atoms with E-state index in [0.717, 1.165) is 51.1 Å². The monoisotopic (exact) mass is 629 g/mol. The highest BCUT2D eigenvalue weighted by molar-refractivity contribution is 5.89. The van der Waals surface area contributed by atoms with Crippen molar-refractivity contribution in [2.24, 2.45) is 0 Å². The van der Waals surface area contributed by atoms with E-state index in [-0.39, 0.29) is 24.7 Å². The van der Waals surface area contributed by atoms with Gasteiger partial charge in [-0.2, -0.15) is 0 Å². The Hall–Kier alpha value is -3.66. The molecule has 0 saturated carbocycles. The summed E-state index contributed by atoms with van der Waals surface area (Å²) >= 11 is 0. The van der Waals surface area contributed by atoms with Crippen molar-refractivity contribution in [1.29, 1.82) is 0 Å². The molecular formula is C38H47NO7. The molecule has 4 atom stereocenters. The number of aliphatic hydroxyl groups excluding tert-OH is 1. The van der Waals surface area contributed by atoms with Gasteiger partial charge in [0.2, 0.25) is 0 Å². The molecule has 246 valence electrons. The Morgan fingerprint density at radius 2 is 1.54 bits per heavy atom. The molecule has 4 aromatic rings. The first kappa shape index (κ1) is 33.7. The lowest BCUT2D eigenvalue weighted by Crippen LogP contribution is -2.51. The third-order valence-corrected chi connectivity index (χ3v) is 8.45. The molecule has 0 spiro atoms. The minimum atomic E-state index is -0.499. The molecule has 2 N–H and O–H groups in total. The fraction of sp³-hybridized carbons (Fsp3) is 0.421. The van der Waals surface area contributed by atoms with Gasteiger partial charge in [-0.25, -0.2) is 0 Å². The van der Waals surface area contributed by atoms with E-state index in [4.69, 9.17) is 28.4 Å². The van der Waals surface area contributed by atoms with Crippen molar-refractivity contribution < 1.29 is 33.5 Å². The number of hydrogen-bond donors (Lipinski definition) is 2. The molecule has 0 aliphatic carbocycles. The number of fused-ring (bicyclic) bond motifs is 1. The number of nitrogens with one attached hydrogen (secondary N) is 1. The Kier molecular flexibility index (Phi) is 12.7. The van der Waals surface area contributed by atoms with Gasteiger partial charge in [0, 0.05) is 36.4 Å². The van der Waals surface area contributed by atoms with Crippen molar-refractivity contribution in [3.8, 4) is 17.2 Å². The Labute approximate surface area is 272 Å². The zero-order valence-electron chi connectivity index (χ0n) is 27.2. The molecule has 4 unspecified atom stereocenters. The van der Waals surface area contributed by atoms with Crippen molar-refractivity contribution in [1.82, 2.24) is 5.32 Å². The first-order valence-corrected chi connectivity index (χ1v) is 16.2. The van der Waals surface area contributed by atoms with Crippen LogP contribution in [0.1, 0.15) is 42.4 Å². The molecule has 0 amide bonds. The fourth-order valence-corrected chi connectivity index (χ4v) is 5.90. The number of methoxy groups -OCH3 is 2. The topological polar surface area (TPSA) is 87.6 Å². The number of hydrogen-bond acceptors (Lipinski definition) is 8. The van der Waals surface area contributed by atoms with Crippen LogP contribution >= 0.6 is 0 Å². The zero-order chi connectivity index (χ0) is 32.1. The van der Waals surface area contributed by atoms with Crippen LogP contribution in [0.2, 0.25) is 0 Å². The van der Waals surface area contributed by atoms with E-state index in [1.807, 2.05) is 55.5 Å². The second kappa shape index (κ2) is 17.3. The summed E-state index contributed by atoms with van der Waals surface area (Å²) in [7, 11) is 3.37. The molecule has 0 bridgehead atoms. The summed E-state index contributed by atoms with van der Waals surface area (Å²) in [5.74, 6) is 2.46. The normalized spacial score (nSPS) is 18.7. The standard InChI is InChI=1S/C38H47NO7/c1-4-31(40)26-46-37-23-39-22-36(45-24-27-20-29-10-5-7-12-33(29)35(21-27)42-3)38(37)28-14-16-32(17-15-28)44-19-9-18-43-25-30-11-6-8-13-34(30)41-2/h5-8,10-17,20-21,31,36-40H,4,9,18-19,22-26H2,1-3H3. The smallest absolute Gasteiger partial charge is 0.127 e. The lowest BCUT2D eigenvalue weighted by Gasteiger charge is -2.39. The molecule has 1 fully saturated rings. The SMILES string of the molecule is CCC(O)COC1CNCC(OCc2cc(OC)c3ccccc3c2)C1c1ccc(OCCCOCc2ccccc2OC)cc1. The molecular weight excluding hydrogens is 582 g/mol. The summed E-state index contributed by atoms with van der Waals surface area (Å²) in [4.78, 5) is 0. The van der Waals surface area contributed by atoms with Gasteiger partial charge in [-0.05, 0) is 53.3 Å². The fourth-order valence-electron chi connectivity index (χ4n) is 5.90. The number of rotatable bonds is 17. The molecule has 5 rings (SSSR count). The molecule has 0 aromatic heterocycles. The molecule has 4 aromatic carbocycles. The highest BCUT2D eigenvalue weighted by Crippen LogP contribution is 2.33. The number of benzene rings is 4. The number of piperidine rings is 1. The van der Waals surface area contributed by atoms with Crippen LogP contribution in [0.15, 0.2) is 84.9 Å². The van der Waals surface area contributed by atoms with E-state index < -0.39 is 6.10 Å². The lowest BCUT2D eigenvalue weighted by atomic mass is 9.85. The second-order valence-corrected chi connectivity index (χ2v) is 11.6. The van der Waals surface area contributed by atoms with Gasteiger partial charge in [0.05, 0.1) is 65.6 Å².